The number of piperazine rings is 1. The van der Waals surface area contributed by atoms with Crippen molar-refractivity contribution in [2.24, 2.45) is 11.8 Å². The molecule has 0 aromatic heterocycles. The number of carbonyl (C=O) groups is 2. The number of nitrogens with zero attached hydrogens (tertiary/aromatic N) is 2. The van der Waals surface area contributed by atoms with E-state index < -0.39 is 0 Å². The van der Waals surface area contributed by atoms with Gasteiger partial charge >= 0.3 is 0 Å². The summed E-state index contributed by atoms with van der Waals surface area (Å²) >= 11 is 0. The minimum absolute atomic E-state index is 0.00287. The van der Waals surface area contributed by atoms with Crippen molar-refractivity contribution in [1.29, 1.82) is 0 Å². The Bertz CT molecular complexity index is 1000. The number of amides is 2. The van der Waals surface area contributed by atoms with Gasteiger partial charge in [0.05, 0.1) is 12.5 Å². The van der Waals surface area contributed by atoms with Crippen molar-refractivity contribution in [2.45, 2.75) is 32.7 Å². The summed E-state index contributed by atoms with van der Waals surface area (Å²) in [5.74, 6) is 0.737. The molecule has 2 fully saturated rings. The molecule has 188 valence electrons. The minimum Gasteiger partial charge on any atom is -0.493 e. The van der Waals surface area contributed by atoms with E-state index in [2.05, 4.69) is 42.3 Å². The van der Waals surface area contributed by atoms with Gasteiger partial charge in [-0.2, -0.15) is 0 Å². The van der Waals surface area contributed by atoms with Crippen molar-refractivity contribution in [3.8, 4) is 5.75 Å². The van der Waals surface area contributed by atoms with E-state index in [1.54, 1.807) is 0 Å². The Morgan fingerprint density at radius 1 is 1.00 bits per heavy atom. The van der Waals surface area contributed by atoms with E-state index in [0.29, 0.717) is 26.1 Å². The van der Waals surface area contributed by atoms with Crippen LogP contribution in [-0.2, 0) is 14.3 Å². The second-order valence-corrected chi connectivity index (χ2v) is 9.78. The van der Waals surface area contributed by atoms with Gasteiger partial charge < -0.3 is 24.6 Å². The molecule has 1 saturated heterocycles. The lowest BCUT2D eigenvalue weighted by Crippen LogP contribution is -2.53. The minimum atomic E-state index is -0.243. The summed E-state index contributed by atoms with van der Waals surface area (Å²) in [4.78, 5) is 30.3. The maximum Gasteiger partial charge on any atom is 0.246 e. The molecule has 0 radical (unpaired) electrons. The van der Waals surface area contributed by atoms with Gasteiger partial charge in [-0.3, -0.25) is 9.59 Å². The number of carbonyl (C=O) groups excluding carboxylic acids is 2. The molecule has 0 bridgehead atoms. The Morgan fingerprint density at radius 3 is 2.46 bits per heavy atom. The summed E-state index contributed by atoms with van der Waals surface area (Å²) in [5.41, 5.74) is 3.75. The Hall–Kier alpha value is -3.06. The van der Waals surface area contributed by atoms with Crippen LogP contribution in [0.2, 0.25) is 0 Å². The van der Waals surface area contributed by atoms with Crippen LogP contribution in [0.5, 0.6) is 5.75 Å². The van der Waals surface area contributed by atoms with Crippen molar-refractivity contribution < 1.29 is 19.1 Å². The van der Waals surface area contributed by atoms with E-state index in [4.69, 9.17) is 9.47 Å². The van der Waals surface area contributed by atoms with Crippen LogP contribution in [0.25, 0.3) is 0 Å². The monoisotopic (exact) mass is 479 g/mol. The second kappa shape index (κ2) is 11.6. The van der Waals surface area contributed by atoms with Gasteiger partial charge in [-0.15, -0.1) is 0 Å². The van der Waals surface area contributed by atoms with E-state index in [0.717, 1.165) is 25.3 Å². The molecular formula is C28H37N3O4. The lowest BCUT2D eigenvalue weighted by atomic mass is 10.00. The fraction of sp³-hybridized carbons (Fsp3) is 0.500. The average molecular weight is 480 g/mol. The van der Waals surface area contributed by atoms with Gasteiger partial charge in [0.2, 0.25) is 11.8 Å². The van der Waals surface area contributed by atoms with Crippen LogP contribution in [0.1, 0.15) is 24.0 Å². The molecule has 7 heteroatoms. The summed E-state index contributed by atoms with van der Waals surface area (Å²) in [5, 5.41) is 3.05. The Balaban J connectivity index is 1.38. The highest BCUT2D eigenvalue weighted by Gasteiger charge is 2.42. The fourth-order valence-electron chi connectivity index (χ4n) is 5.28. The number of nitrogens with one attached hydrogen (secondary N) is 1. The maximum absolute atomic E-state index is 13.6. The molecule has 1 saturated carbocycles. The van der Waals surface area contributed by atoms with Gasteiger partial charge in [-0.25, -0.2) is 0 Å². The SMILES string of the molecule is COCC(=O)N[C@@H]1C[C@H](COc2ccccc2)C[C@H]1C(=O)N1CCN(c2cc(C)ccc2C)CC1. The summed E-state index contributed by atoms with van der Waals surface area (Å²) in [6.45, 7) is 7.77. The molecule has 2 aliphatic rings. The van der Waals surface area contributed by atoms with E-state index in [9.17, 15) is 9.59 Å². The summed E-state index contributed by atoms with van der Waals surface area (Å²) in [6, 6.07) is 16.0. The van der Waals surface area contributed by atoms with Crippen LogP contribution in [-0.4, -0.2) is 69.3 Å². The smallest absolute Gasteiger partial charge is 0.246 e. The van der Waals surface area contributed by atoms with Crippen molar-refractivity contribution in [2.75, 3.05) is 51.4 Å². The number of hydrogen-bond acceptors (Lipinski definition) is 5. The molecule has 3 atom stereocenters. The van der Waals surface area contributed by atoms with Crippen molar-refractivity contribution >= 4 is 17.5 Å². The topological polar surface area (TPSA) is 71.1 Å². The number of para-hydroxylation sites is 1. The largest absolute Gasteiger partial charge is 0.493 e. The highest BCUT2D eigenvalue weighted by atomic mass is 16.5. The van der Waals surface area contributed by atoms with Gasteiger partial charge in [0.1, 0.15) is 12.4 Å². The molecule has 35 heavy (non-hydrogen) atoms. The molecule has 4 rings (SSSR count). The average Bonchev–Trinajstić information content (AvgIpc) is 3.27. The highest BCUT2D eigenvalue weighted by Crippen LogP contribution is 2.34. The molecule has 1 N–H and O–H groups in total. The number of rotatable bonds is 8. The standard InChI is InChI=1S/C28H37N3O4/c1-20-9-10-21(2)26(15-20)30-11-13-31(14-12-30)28(33)24-16-22(17-25(24)29-27(32)19-34-3)18-35-23-7-5-4-6-8-23/h4-10,15,22,24-25H,11-14,16-19H2,1-3H3,(H,29,32)/t22-,24-,25-/m1/s1. The van der Waals surface area contributed by atoms with E-state index in [1.165, 1.54) is 23.9 Å². The first-order valence-electron chi connectivity index (χ1n) is 12.5. The molecule has 0 unspecified atom stereocenters. The third-order valence-corrected chi connectivity index (χ3v) is 7.12. The molecule has 2 amide bonds. The Kier molecular flexibility index (Phi) is 8.29. The zero-order chi connectivity index (χ0) is 24.8. The summed E-state index contributed by atoms with van der Waals surface area (Å²) in [6.07, 6.45) is 1.43. The lowest BCUT2D eigenvalue weighted by Gasteiger charge is -2.38. The first-order chi connectivity index (χ1) is 16.9. The normalized spacial score (nSPS) is 22.2. The van der Waals surface area contributed by atoms with Crippen LogP contribution in [0.4, 0.5) is 5.69 Å². The number of hydrogen-bond donors (Lipinski definition) is 1. The van der Waals surface area contributed by atoms with Crippen LogP contribution in [0.3, 0.4) is 0 Å². The quantitative estimate of drug-likeness (QED) is 0.630. The van der Waals surface area contributed by atoms with E-state index in [1.807, 2.05) is 35.2 Å². The van der Waals surface area contributed by atoms with Crippen LogP contribution in [0.15, 0.2) is 48.5 Å². The van der Waals surface area contributed by atoms with Gasteiger partial charge in [0.25, 0.3) is 0 Å². The number of aryl methyl sites for hydroxylation is 2. The third kappa shape index (κ3) is 6.34. The van der Waals surface area contributed by atoms with Crippen molar-refractivity contribution in [3.63, 3.8) is 0 Å². The molecule has 1 heterocycles. The van der Waals surface area contributed by atoms with E-state index in [-0.39, 0.29) is 36.3 Å². The van der Waals surface area contributed by atoms with Crippen LogP contribution in [0, 0.1) is 25.7 Å². The predicted molar refractivity (Wildman–Crippen MR) is 137 cm³/mol. The molecule has 0 spiro atoms. The number of methoxy groups -OCH3 is 1. The number of anilines is 1. The molecule has 1 aliphatic carbocycles. The first kappa shape index (κ1) is 25.0. The maximum atomic E-state index is 13.6. The molecule has 7 nitrogen and oxygen atoms in total. The summed E-state index contributed by atoms with van der Waals surface area (Å²) in [7, 11) is 1.50. The summed E-state index contributed by atoms with van der Waals surface area (Å²) < 4.78 is 11.0. The van der Waals surface area contributed by atoms with Gasteiger partial charge in [0, 0.05) is 45.0 Å². The van der Waals surface area contributed by atoms with Crippen LogP contribution >= 0.6 is 0 Å². The molecule has 2 aromatic rings. The molecular weight excluding hydrogens is 442 g/mol. The highest BCUT2D eigenvalue weighted by molar-refractivity contribution is 5.83. The number of benzene rings is 2. The zero-order valence-electron chi connectivity index (χ0n) is 21.0. The van der Waals surface area contributed by atoms with Crippen molar-refractivity contribution in [3.05, 3.63) is 59.7 Å². The van der Waals surface area contributed by atoms with Crippen LogP contribution < -0.4 is 15.0 Å². The number of ether oxygens (including phenoxy) is 2. The second-order valence-electron chi connectivity index (χ2n) is 9.78. The van der Waals surface area contributed by atoms with Crippen molar-refractivity contribution in [1.82, 2.24) is 10.2 Å². The third-order valence-electron chi connectivity index (χ3n) is 7.12. The van der Waals surface area contributed by atoms with Gasteiger partial charge in [-0.05, 0) is 61.9 Å². The van der Waals surface area contributed by atoms with Gasteiger partial charge in [0.15, 0.2) is 0 Å². The Labute approximate surface area is 208 Å². The Morgan fingerprint density at radius 2 is 1.74 bits per heavy atom. The first-order valence-corrected chi connectivity index (χ1v) is 12.5. The lowest BCUT2D eigenvalue weighted by molar-refractivity contribution is -0.137. The fourth-order valence-corrected chi connectivity index (χ4v) is 5.28. The molecule has 1 aliphatic heterocycles. The van der Waals surface area contributed by atoms with E-state index >= 15 is 0 Å². The zero-order valence-corrected chi connectivity index (χ0v) is 21.0. The molecule has 2 aromatic carbocycles. The van der Waals surface area contributed by atoms with Gasteiger partial charge in [-0.1, -0.05) is 30.3 Å². The predicted octanol–water partition coefficient (Wildman–Crippen LogP) is 3.19.